The molecule has 2 amide bonds. The van der Waals surface area contributed by atoms with Crippen LogP contribution in [0.3, 0.4) is 0 Å². The van der Waals surface area contributed by atoms with Gasteiger partial charge in [-0.1, -0.05) is 48.5 Å². The van der Waals surface area contributed by atoms with E-state index in [2.05, 4.69) is 0 Å². The number of alkyl halides is 3. The molecular weight excluding hydrogens is 525 g/mol. The molecule has 4 rings (SSSR count). The average molecular weight is 563 g/mol. The average Bonchev–Trinajstić information content (AvgIpc) is 2.89. The number of carbonyl (C=O) groups excluding carboxylic acids is 2. The van der Waals surface area contributed by atoms with E-state index in [1.807, 2.05) is 12.1 Å². The van der Waals surface area contributed by atoms with E-state index < -0.39 is 34.8 Å². The van der Waals surface area contributed by atoms with Crippen molar-refractivity contribution in [1.82, 2.24) is 9.80 Å². The number of piperidine rings is 2. The van der Waals surface area contributed by atoms with Crippen molar-refractivity contribution in [2.75, 3.05) is 33.3 Å². The van der Waals surface area contributed by atoms with E-state index in [0.717, 1.165) is 7.11 Å². The van der Waals surface area contributed by atoms with Crippen LogP contribution in [0.15, 0.2) is 54.6 Å². The second kappa shape index (κ2) is 11.0. The molecule has 0 aliphatic carbocycles. The first-order valence-electron chi connectivity index (χ1n) is 13.5. The number of nitrogens with zero attached hydrogens (tertiary/aromatic N) is 2. The van der Waals surface area contributed by atoms with Crippen LogP contribution in [0.2, 0.25) is 0 Å². The first-order chi connectivity index (χ1) is 18.7. The largest absolute Gasteiger partial charge is 0.508 e. The van der Waals surface area contributed by atoms with Gasteiger partial charge >= 0.3 is 12.3 Å². The number of hydrogen-bond donors (Lipinski definition) is 1. The van der Waals surface area contributed by atoms with Crippen molar-refractivity contribution in [3.63, 3.8) is 0 Å². The number of phenolic OH excluding ortho intramolecular Hbond substituents is 1. The highest BCUT2D eigenvalue weighted by atomic mass is 19.4. The molecule has 1 N–H and O–H groups in total. The Morgan fingerprint density at radius 1 is 0.900 bits per heavy atom. The zero-order valence-electron chi connectivity index (χ0n) is 23.3. The predicted octanol–water partition coefficient (Wildman–Crippen LogP) is 5.83. The number of methoxy groups -OCH3 is 1. The molecule has 218 valence electrons. The number of likely N-dealkylation sites (tertiary alicyclic amines) is 2. The molecule has 2 atom stereocenters. The Balaban J connectivity index is 1.61. The lowest BCUT2D eigenvalue weighted by atomic mass is 9.62. The van der Waals surface area contributed by atoms with E-state index in [4.69, 9.17) is 9.47 Å². The molecule has 10 heteroatoms. The summed E-state index contributed by atoms with van der Waals surface area (Å²) < 4.78 is 54.2. The minimum Gasteiger partial charge on any atom is -0.508 e. The SMILES string of the molecule is CO[C@@](C(=O)N1CCC2(CCN(C(=O)OC(C)(C)C)CC2c2ccccc2O)CC1)(c1ccccc1)C(F)(F)F. The monoisotopic (exact) mass is 562 g/mol. The molecule has 0 bridgehead atoms. The summed E-state index contributed by atoms with van der Waals surface area (Å²) in [5.41, 5.74) is -3.83. The lowest BCUT2D eigenvalue weighted by molar-refractivity contribution is -0.271. The second-order valence-electron chi connectivity index (χ2n) is 11.7. The smallest absolute Gasteiger partial charge is 0.430 e. The molecule has 2 aromatic carbocycles. The van der Waals surface area contributed by atoms with Gasteiger partial charge in [0.15, 0.2) is 0 Å². The molecular formula is C30H37F3N2O5. The summed E-state index contributed by atoms with van der Waals surface area (Å²) in [6.07, 6.45) is -4.06. The van der Waals surface area contributed by atoms with Crippen LogP contribution in [0.25, 0.3) is 0 Å². The van der Waals surface area contributed by atoms with Gasteiger partial charge in [0.1, 0.15) is 11.4 Å². The van der Waals surface area contributed by atoms with E-state index in [-0.39, 0.29) is 36.9 Å². The van der Waals surface area contributed by atoms with Gasteiger partial charge in [-0.15, -0.1) is 0 Å². The molecule has 1 spiro atoms. The number of rotatable bonds is 4. The number of amides is 2. The van der Waals surface area contributed by atoms with Crippen molar-refractivity contribution in [2.45, 2.75) is 63.3 Å². The van der Waals surface area contributed by atoms with Gasteiger partial charge in [0.25, 0.3) is 11.5 Å². The Bertz CT molecular complexity index is 1210. The fourth-order valence-corrected chi connectivity index (χ4v) is 6.12. The number of para-hydroxylation sites is 1. The Hall–Kier alpha value is -3.27. The van der Waals surface area contributed by atoms with Crippen LogP contribution in [0, 0.1) is 5.41 Å². The zero-order valence-corrected chi connectivity index (χ0v) is 23.3. The predicted molar refractivity (Wildman–Crippen MR) is 143 cm³/mol. The Labute approximate surface area is 232 Å². The molecule has 2 saturated heterocycles. The third kappa shape index (κ3) is 5.50. The van der Waals surface area contributed by atoms with Crippen LogP contribution in [-0.4, -0.2) is 72.0 Å². The number of ether oxygens (including phenoxy) is 2. The molecule has 7 nitrogen and oxygen atoms in total. The third-order valence-corrected chi connectivity index (χ3v) is 8.22. The molecule has 2 heterocycles. The molecule has 2 fully saturated rings. The summed E-state index contributed by atoms with van der Waals surface area (Å²) in [6, 6.07) is 13.9. The maximum Gasteiger partial charge on any atom is 0.430 e. The number of hydrogen-bond acceptors (Lipinski definition) is 5. The number of phenols is 1. The van der Waals surface area contributed by atoms with Crippen molar-refractivity contribution in [3.8, 4) is 5.75 Å². The minimum absolute atomic E-state index is 0.0867. The van der Waals surface area contributed by atoms with E-state index in [1.165, 1.54) is 29.2 Å². The van der Waals surface area contributed by atoms with Crippen LogP contribution in [0.4, 0.5) is 18.0 Å². The van der Waals surface area contributed by atoms with E-state index in [1.54, 1.807) is 43.9 Å². The van der Waals surface area contributed by atoms with Gasteiger partial charge in [-0.25, -0.2) is 4.79 Å². The summed E-state index contributed by atoms with van der Waals surface area (Å²) in [5.74, 6) is -1.35. The van der Waals surface area contributed by atoms with Crippen LogP contribution >= 0.6 is 0 Å². The molecule has 2 aromatic rings. The van der Waals surface area contributed by atoms with Gasteiger partial charge in [0, 0.05) is 44.8 Å². The number of benzene rings is 2. The highest BCUT2D eigenvalue weighted by Crippen LogP contribution is 2.53. The van der Waals surface area contributed by atoms with Crippen LogP contribution in [0.1, 0.15) is 57.1 Å². The van der Waals surface area contributed by atoms with Crippen molar-refractivity contribution in [2.24, 2.45) is 5.41 Å². The molecule has 40 heavy (non-hydrogen) atoms. The third-order valence-electron chi connectivity index (χ3n) is 8.22. The zero-order chi connectivity index (χ0) is 29.3. The number of halogens is 3. The van der Waals surface area contributed by atoms with Crippen molar-refractivity contribution in [3.05, 3.63) is 65.7 Å². The Kier molecular flexibility index (Phi) is 8.13. The lowest BCUT2D eigenvalue weighted by Crippen LogP contribution is -2.60. The van der Waals surface area contributed by atoms with Gasteiger partial charge in [-0.2, -0.15) is 13.2 Å². The molecule has 1 unspecified atom stereocenters. The van der Waals surface area contributed by atoms with Crippen molar-refractivity contribution in [1.29, 1.82) is 0 Å². The summed E-state index contributed by atoms with van der Waals surface area (Å²) in [5, 5.41) is 10.7. The quantitative estimate of drug-likeness (QED) is 0.507. The highest BCUT2D eigenvalue weighted by Gasteiger charge is 2.64. The van der Waals surface area contributed by atoms with Gasteiger partial charge in [0.2, 0.25) is 0 Å². The van der Waals surface area contributed by atoms with Crippen LogP contribution < -0.4 is 0 Å². The molecule has 2 aliphatic heterocycles. The summed E-state index contributed by atoms with van der Waals surface area (Å²) in [7, 11) is 0.907. The second-order valence-corrected chi connectivity index (χ2v) is 11.7. The highest BCUT2D eigenvalue weighted by molar-refractivity contribution is 5.88. The van der Waals surface area contributed by atoms with Gasteiger partial charge in [-0.05, 0) is 57.1 Å². The van der Waals surface area contributed by atoms with E-state index >= 15 is 0 Å². The van der Waals surface area contributed by atoms with Crippen molar-refractivity contribution < 1.29 is 37.3 Å². The molecule has 2 aliphatic rings. The van der Waals surface area contributed by atoms with E-state index in [0.29, 0.717) is 31.4 Å². The lowest BCUT2D eigenvalue weighted by Gasteiger charge is -2.52. The van der Waals surface area contributed by atoms with Crippen LogP contribution in [-0.2, 0) is 19.9 Å². The van der Waals surface area contributed by atoms with Crippen LogP contribution in [0.5, 0.6) is 5.75 Å². The molecule has 0 saturated carbocycles. The topological polar surface area (TPSA) is 79.3 Å². The number of aromatic hydroxyl groups is 1. The fourth-order valence-electron chi connectivity index (χ4n) is 6.12. The van der Waals surface area contributed by atoms with Gasteiger partial charge < -0.3 is 24.4 Å². The van der Waals surface area contributed by atoms with Gasteiger partial charge in [0.05, 0.1) is 0 Å². The Morgan fingerprint density at radius 2 is 1.45 bits per heavy atom. The fraction of sp³-hybridized carbons (Fsp3) is 0.533. The Morgan fingerprint density at radius 3 is 1.98 bits per heavy atom. The first kappa shape index (κ1) is 29.7. The maximum absolute atomic E-state index is 14.5. The summed E-state index contributed by atoms with van der Waals surface area (Å²) in [6.45, 7) is 6.24. The minimum atomic E-state index is -4.98. The molecule has 0 aromatic heterocycles. The summed E-state index contributed by atoms with van der Waals surface area (Å²) >= 11 is 0. The summed E-state index contributed by atoms with van der Waals surface area (Å²) in [4.78, 5) is 29.4. The van der Waals surface area contributed by atoms with E-state index in [9.17, 15) is 27.9 Å². The standard InChI is InChI=1S/C30H37F3N2O5/c1-27(2,3)40-26(38)35-19-16-28(23(20-35)22-12-8-9-13-24(22)36)14-17-34(18-15-28)25(37)29(39-4,30(31,32)33)21-10-6-5-7-11-21/h5-13,23,36H,14-20H2,1-4H3/t23?,29-/m1/s1. The number of carbonyl (C=O) groups is 2. The van der Waals surface area contributed by atoms with Gasteiger partial charge in [-0.3, -0.25) is 4.79 Å². The first-order valence-corrected chi connectivity index (χ1v) is 13.5. The maximum atomic E-state index is 14.5. The molecule has 0 radical (unpaired) electrons. The normalized spacial score (nSPS) is 21.1. The van der Waals surface area contributed by atoms with Crippen molar-refractivity contribution >= 4 is 12.0 Å².